The van der Waals surface area contributed by atoms with Crippen molar-refractivity contribution >= 4 is 5.91 Å². The van der Waals surface area contributed by atoms with E-state index in [-0.39, 0.29) is 5.91 Å². The average molecular weight is 237 g/mol. The van der Waals surface area contributed by atoms with Crippen molar-refractivity contribution in [2.24, 2.45) is 0 Å². The molecule has 5 heteroatoms. The largest absolute Gasteiger partial charge is 0.383 e. The summed E-state index contributed by atoms with van der Waals surface area (Å²) >= 11 is 0. The molecular formula is C12H19N3O2. The average Bonchev–Trinajstić information content (AvgIpc) is 2.35. The summed E-state index contributed by atoms with van der Waals surface area (Å²) < 4.78 is 4.89. The SMILES string of the molecule is COCCNCCNC(=O)Cc1cccnc1. The number of ether oxygens (including phenoxy) is 1. The lowest BCUT2D eigenvalue weighted by Crippen LogP contribution is -2.33. The highest BCUT2D eigenvalue weighted by Crippen LogP contribution is 1.95. The number of nitrogens with one attached hydrogen (secondary N) is 2. The molecule has 0 fully saturated rings. The number of hydrogen-bond acceptors (Lipinski definition) is 4. The number of methoxy groups -OCH3 is 1. The Kier molecular flexibility index (Phi) is 6.93. The molecule has 2 N–H and O–H groups in total. The molecule has 0 unspecified atom stereocenters. The Bertz CT molecular complexity index is 317. The fourth-order valence-electron chi connectivity index (χ4n) is 1.34. The maximum Gasteiger partial charge on any atom is 0.224 e. The lowest BCUT2D eigenvalue weighted by atomic mass is 10.2. The second-order valence-electron chi connectivity index (χ2n) is 3.63. The van der Waals surface area contributed by atoms with E-state index in [9.17, 15) is 4.79 Å². The lowest BCUT2D eigenvalue weighted by molar-refractivity contribution is -0.120. The van der Waals surface area contributed by atoms with Crippen LogP contribution in [0.3, 0.4) is 0 Å². The molecule has 0 aliphatic rings. The van der Waals surface area contributed by atoms with Gasteiger partial charge in [-0.2, -0.15) is 0 Å². The van der Waals surface area contributed by atoms with Gasteiger partial charge in [-0.25, -0.2) is 0 Å². The zero-order valence-electron chi connectivity index (χ0n) is 10.1. The van der Waals surface area contributed by atoms with Gasteiger partial charge in [-0.15, -0.1) is 0 Å². The van der Waals surface area contributed by atoms with Crippen LogP contribution in [0.25, 0.3) is 0 Å². The molecule has 1 aromatic heterocycles. The second-order valence-corrected chi connectivity index (χ2v) is 3.63. The summed E-state index contributed by atoms with van der Waals surface area (Å²) in [6.07, 6.45) is 3.78. The first kappa shape index (κ1) is 13.6. The molecule has 0 bridgehead atoms. The molecule has 94 valence electrons. The van der Waals surface area contributed by atoms with E-state index >= 15 is 0 Å². The first-order chi connectivity index (χ1) is 8.33. The van der Waals surface area contributed by atoms with Crippen LogP contribution >= 0.6 is 0 Å². The predicted octanol–water partition coefficient (Wildman–Crippen LogP) is -0.0237. The summed E-state index contributed by atoms with van der Waals surface area (Å²) in [4.78, 5) is 15.5. The van der Waals surface area contributed by atoms with Crippen molar-refractivity contribution in [1.82, 2.24) is 15.6 Å². The van der Waals surface area contributed by atoms with Gasteiger partial charge in [0, 0.05) is 39.1 Å². The van der Waals surface area contributed by atoms with Gasteiger partial charge in [-0.1, -0.05) is 6.07 Å². The standard InChI is InChI=1S/C12H19N3O2/c1-17-8-7-13-5-6-15-12(16)9-11-3-2-4-14-10-11/h2-4,10,13H,5-9H2,1H3,(H,15,16). The summed E-state index contributed by atoms with van der Waals surface area (Å²) in [7, 11) is 1.66. The summed E-state index contributed by atoms with van der Waals surface area (Å²) in [6.45, 7) is 2.86. The molecule has 0 radical (unpaired) electrons. The molecule has 1 heterocycles. The molecule has 0 saturated carbocycles. The lowest BCUT2D eigenvalue weighted by Gasteiger charge is -2.06. The predicted molar refractivity (Wildman–Crippen MR) is 65.7 cm³/mol. The molecule has 0 aliphatic carbocycles. The van der Waals surface area contributed by atoms with Gasteiger partial charge in [0.1, 0.15) is 0 Å². The molecule has 0 spiro atoms. The number of pyridine rings is 1. The highest BCUT2D eigenvalue weighted by Gasteiger charge is 2.01. The third-order valence-corrected chi connectivity index (χ3v) is 2.19. The summed E-state index contributed by atoms with van der Waals surface area (Å²) in [5, 5.41) is 5.99. The monoisotopic (exact) mass is 237 g/mol. The van der Waals surface area contributed by atoms with Crippen LogP contribution in [0.5, 0.6) is 0 Å². The molecule has 0 atom stereocenters. The number of carbonyl (C=O) groups excluding carboxylic acids is 1. The van der Waals surface area contributed by atoms with E-state index in [1.54, 1.807) is 19.5 Å². The molecule has 1 aromatic rings. The zero-order chi connectivity index (χ0) is 12.3. The highest BCUT2D eigenvalue weighted by atomic mass is 16.5. The molecule has 1 rings (SSSR count). The van der Waals surface area contributed by atoms with Crippen LogP contribution in [0, 0.1) is 0 Å². The molecule has 1 amide bonds. The number of rotatable bonds is 8. The minimum absolute atomic E-state index is 0.0199. The van der Waals surface area contributed by atoms with Crippen molar-refractivity contribution in [2.75, 3.05) is 33.4 Å². The number of hydrogen-bond donors (Lipinski definition) is 2. The van der Waals surface area contributed by atoms with E-state index in [0.717, 1.165) is 18.7 Å². The van der Waals surface area contributed by atoms with Crippen molar-refractivity contribution in [1.29, 1.82) is 0 Å². The van der Waals surface area contributed by atoms with E-state index in [2.05, 4.69) is 15.6 Å². The van der Waals surface area contributed by atoms with Crippen LogP contribution in [-0.4, -0.2) is 44.2 Å². The number of amides is 1. The minimum atomic E-state index is 0.0199. The van der Waals surface area contributed by atoms with Crippen LogP contribution in [0.2, 0.25) is 0 Å². The van der Waals surface area contributed by atoms with Gasteiger partial charge in [0.25, 0.3) is 0 Å². The van der Waals surface area contributed by atoms with Crippen molar-refractivity contribution in [3.63, 3.8) is 0 Å². The van der Waals surface area contributed by atoms with Crippen molar-refractivity contribution in [3.05, 3.63) is 30.1 Å². The number of aromatic nitrogens is 1. The third kappa shape index (κ3) is 6.65. The maximum absolute atomic E-state index is 11.5. The first-order valence-corrected chi connectivity index (χ1v) is 5.68. The zero-order valence-corrected chi connectivity index (χ0v) is 10.1. The molecule has 5 nitrogen and oxygen atoms in total. The molecule has 0 aromatic carbocycles. The van der Waals surface area contributed by atoms with Crippen LogP contribution in [0.1, 0.15) is 5.56 Å². The summed E-state index contributed by atoms with van der Waals surface area (Å²) in [6, 6.07) is 3.72. The van der Waals surface area contributed by atoms with Crippen molar-refractivity contribution < 1.29 is 9.53 Å². The quantitative estimate of drug-likeness (QED) is 0.624. The van der Waals surface area contributed by atoms with Crippen LogP contribution in [0.4, 0.5) is 0 Å². The van der Waals surface area contributed by atoms with Crippen LogP contribution in [0.15, 0.2) is 24.5 Å². The summed E-state index contributed by atoms with van der Waals surface area (Å²) in [5.41, 5.74) is 0.928. The van der Waals surface area contributed by atoms with Gasteiger partial charge in [0.2, 0.25) is 5.91 Å². The smallest absolute Gasteiger partial charge is 0.224 e. The van der Waals surface area contributed by atoms with Crippen molar-refractivity contribution in [3.8, 4) is 0 Å². The van der Waals surface area contributed by atoms with Gasteiger partial charge in [-0.3, -0.25) is 9.78 Å². The Hall–Kier alpha value is -1.46. The minimum Gasteiger partial charge on any atom is -0.383 e. The normalized spacial score (nSPS) is 10.2. The molecule has 0 saturated heterocycles. The van der Waals surface area contributed by atoms with E-state index in [1.165, 1.54) is 0 Å². The van der Waals surface area contributed by atoms with Gasteiger partial charge in [0.15, 0.2) is 0 Å². The van der Waals surface area contributed by atoms with Gasteiger partial charge in [-0.05, 0) is 11.6 Å². The Balaban J connectivity index is 2.06. The van der Waals surface area contributed by atoms with E-state index in [1.807, 2.05) is 12.1 Å². The van der Waals surface area contributed by atoms with Crippen molar-refractivity contribution in [2.45, 2.75) is 6.42 Å². The van der Waals surface area contributed by atoms with E-state index in [0.29, 0.717) is 19.6 Å². The summed E-state index contributed by atoms with van der Waals surface area (Å²) in [5.74, 6) is 0.0199. The molecular weight excluding hydrogens is 218 g/mol. The van der Waals surface area contributed by atoms with Gasteiger partial charge in [0.05, 0.1) is 13.0 Å². The van der Waals surface area contributed by atoms with Gasteiger partial charge < -0.3 is 15.4 Å². The molecule has 0 aliphatic heterocycles. The number of carbonyl (C=O) groups is 1. The maximum atomic E-state index is 11.5. The Morgan fingerprint density at radius 1 is 1.41 bits per heavy atom. The fraction of sp³-hybridized carbons (Fsp3) is 0.500. The van der Waals surface area contributed by atoms with Gasteiger partial charge >= 0.3 is 0 Å². The number of nitrogens with zero attached hydrogens (tertiary/aromatic N) is 1. The Labute approximate surface area is 102 Å². The highest BCUT2D eigenvalue weighted by molar-refractivity contribution is 5.78. The first-order valence-electron chi connectivity index (χ1n) is 5.68. The molecule has 17 heavy (non-hydrogen) atoms. The van der Waals surface area contributed by atoms with Crippen LogP contribution in [-0.2, 0) is 16.0 Å². The Morgan fingerprint density at radius 3 is 3.00 bits per heavy atom. The second kappa shape index (κ2) is 8.66. The fourth-order valence-corrected chi connectivity index (χ4v) is 1.34. The van der Waals surface area contributed by atoms with E-state index in [4.69, 9.17) is 4.74 Å². The third-order valence-electron chi connectivity index (χ3n) is 2.19. The topological polar surface area (TPSA) is 63.2 Å². The van der Waals surface area contributed by atoms with E-state index < -0.39 is 0 Å². The Morgan fingerprint density at radius 2 is 2.29 bits per heavy atom. The van der Waals surface area contributed by atoms with Crippen LogP contribution < -0.4 is 10.6 Å².